The van der Waals surface area contributed by atoms with Crippen LogP contribution in [0, 0.1) is 5.92 Å². The van der Waals surface area contributed by atoms with Crippen molar-refractivity contribution in [3.63, 3.8) is 0 Å². The van der Waals surface area contributed by atoms with Gasteiger partial charge in [0.2, 0.25) is 5.91 Å². The zero-order valence-electron chi connectivity index (χ0n) is 18.3. The minimum absolute atomic E-state index is 0.0442. The Kier molecular flexibility index (Phi) is 6.28. The van der Waals surface area contributed by atoms with Crippen LogP contribution in [-0.2, 0) is 17.6 Å². The number of fused-ring (bicyclic) bond motifs is 2. The van der Waals surface area contributed by atoms with Gasteiger partial charge in [-0.05, 0) is 36.3 Å². The number of hydrogen-bond acceptors (Lipinski definition) is 7. The molecule has 0 saturated heterocycles. The van der Waals surface area contributed by atoms with E-state index in [1.807, 2.05) is 35.7 Å². The predicted octanol–water partition coefficient (Wildman–Crippen LogP) is 4.67. The van der Waals surface area contributed by atoms with Crippen LogP contribution in [0.4, 0.5) is 5.00 Å². The number of aromatic nitrogens is 2. The van der Waals surface area contributed by atoms with Crippen LogP contribution < -0.4 is 16.6 Å². The first-order valence-corrected chi connectivity index (χ1v) is 13.5. The summed E-state index contributed by atoms with van der Waals surface area (Å²) in [5.41, 5.74) is 8.62. The number of nitrogens with zero attached hydrogens (tertiary/aromatic N) is 1. The van der Waals surface area contributed by atoms with Crippen molar-refractivity contribution in [1.82, 2.24) is 9.97 Å². The van der Waals surface area contributed by atoms with Crippen LogP contribution >= 0.6 is 34.4 Å². The first-order valence-electron chi connectivity index (χ1n) is 10.8. The lowest BCUT2D eigenvalue weighted by Gasteiger charge is -2.18. The van der Waals surface area contributed by atoms with Crippen molar-refractivity contribution in [3.05, 3.63) is 62.1 Å². The number of anilines is 1. The van der Waals surface area contributed by atoms with Gasteiger partial charge >= 0.3 is 0 Å². The minimum atomic E-state index is -0.515. The third-order valence-corrected chi connectivity index (χ3v) is 8.77. The van der Waals surface area contributed by atoms with Gasteiger partial charge in [-0.25, -0.2) is 4.98 Å². The third kappa shape index (κ3) is 4.40. The van der Waals surface area contributed by atoms with E-state index in [1.54, 1.807) is 0 Å². The van der Waals surface area contributed by atoms with E-state index in [4.69, 9.17) is 5.73 Å². The Balaban J connectivity index is 1.32. The lowest BCUT2D eigenvalue weighted by Crippen LogP contribution is -2.20. The van der Waals surface area contributed by atoms with Gasteiger partial charge in [-0.1, -0.05) is 49.0 Å². The van der Waals surface area contributed by atoms with Gasteiger partial charge < -0.3 is 16.0 Å². The molecule has 5 rings (SSSR count). The van der Waals surface area contributed by atoms with E-state index in [9.17, 15) is 14.4 Å². The highest BCUT2D eigenvalue weighted by molar-refractivity contribution is 7.99. The Hall–Kier alpha value is -2.95. The molecule has 174 valence electrons. The fraction of sp³-hybridized carbons (Fsp3) is 0.250. The predicted molar refractivity (Wildman–Crippen MR) is 139 cm³/mol. The molecule has 0 aliphatic heterocycles. The average molecular weight is 511 g/mol. The summed E-state index contributed by atoms with van der Waals surface area (Å²) in [5.74, 6) is -0.206. The number of nitrogens with one attached hydrogen (secondary N) is 2. The molecular weight excluding hydrogens is 488 g/mol. The maximum Gasteiger partial charge on any atom is 0.260 e. The van der Waals surface area contributed by atoms with E-state index in [0.717, 1.165) is 52.6 Å². The lowest BCUT2D eigenvalue weighted by molar-refractivity contribution is -0.113. The van der Waals surface area contributed by atoms with Crippen molar-refractivity contribution >= 4 is 61.5 Å². The summed E-state index contributed by atoms with van der Waals surface area (Å²) in [6, 6.07) is 9.70. The summed E-state index contributed by atoms with van der Waals surface area (Å²) in [6.07, 6.45) is 2.69. The number of thioether (sulfide) groups is 1. The summed E-state index contributed by atoms with van der Waals surface area (Å²) in [5, 5.41) is 6.22. The number of thiophene rings is 2. The number of rotatable bonds is 6. The number of benzene rings is 1. The molecule has 10 heteroatoms. The van der Waals surface area contributed by atoms with E-state index in [-0.39, 0.29) is 17.2 Å². The number of amides is 2. The standard InChI is InChI=1S/C24H22N4O3S3/c1-12-7-8-14-16(9-12)34-23(18(14)20(25)30)26-17(29)11-33-24-27-21(31)19-15(10-32-22(19)28-24)13-5-3-2-4-6-13/h2-6,10,12H,7-9,11H2,1H3,(H2,25,30)(H,26,29)(H,27,28,31). The highest BCUT2D eigenvalue weighted by atomic mass is 32.2. The minimum Gasteiger partial charge on any atom is -0.365 e. The van der Waals surface area contributed by atoms with Crippen LogP contribution in [0.25, 0.3) is 21.3 Å². The second-order valence-corrected chi connectivity index (χ2v) is 11.3. The number of primary amides is 1. The molecule has 1 aliphatic rings. The number of H-pyrrole nitrogens is 1. The van der Waals surface area contributed by atoms with Gasteiger partial charge in [0, 0.05) is 15.8 Å². The summed E-state index contributed by atoms with van der Waals surface area (Å²) in [7, 11) is 0. The molecule has 1 unspecified atom stereocenters. The van der Waals surface area contributed by atoms with Crippen molar-refractivity contribution in [2.24, 2.45) is 11.7 Å². The second kappa shape index (κ2) is 9.36. The summed E-state index contributed by atoms with van der Waals surface area (Å²) in [6.45, 7) is 2.18. The molecule has 2 amide bonds. The molecule has 7 nitrogen and oxygen atoms in total. The van der Waals surface area contributed by atoms with E-state index in [1.165, 1.54) is 22.7 Å². The Morgan fingerprint density at radius 3 is 2.85 bits per heavy atom. The number of nitrogens with two attached hydrogens (primary N) is 1. The van der Waals surface area contributed by atoms with Gasteiger partial charge in [0.1, 0.15) is 9.83 Å². The first-order chi connectivity index (χ1) is 16.4. The van der Waals surface area contributed by atoms with Crippen LogP contribution in [0.2, 0.25) is 0 Å². The monoisotopic (exact) mass is 510 g/mol. The van der Waals surface area contributed by atoms with Crippen molar-refractivity contribution in [1.29, 1.82) is 0 Å². The maximum absolute atomic E-state index is 12.8. The molecule has 0 saturated carbocycles. The van der Waals surface area contributed by atoms with E-state index < -0.39 is 5.91 Å². The summed E-state index contributed by atoms with van der Waals surface area (Å²) in [4.78, 5) is 46.6. The third-order valence-electron chi connectivity index (χ3n) is 5.86. The smallest absolute Gasteiger partial charge is 0.260 e. The quantitative estimate of drug-likeness (QED) is 0.257. The topological polar surface area (TPSA) is 118 Å². The summed E-state index contributed by atoms with van der Waals surface area (Å²) >= 11 is 3.98. The fourth-order valence-corrected chi connectivity index (χ4v) is 7.32. The number of carbonyl (C=O) groups is 2. The van der Waals surface area contributed by atoms with E-state index in [2.05, 4.69) is 22.2 Å². The molecule has 0 spiro atoms. The summed E-state index contributed by atoms with van der Waals surface area (Å²) < 4.78 is 0. The Morgan fingerprint density at radius 1 is 1.29 bits per heavy atom. The van der Waals surface area contributed by atoms with Gasteiger partial charge in [-0.2, -0.15) is 0 Å². The largest absolute Gasteiger partial charge is 0.365 e. The molecule has 4 aromatic rings. The van der Waals surface area contributed by atoms with E-state index >= 15 is 0 Å². The van der Waals surface area contributed by atoms with Crippen molar-refractivity contribution in [2.75, 3.05) is 11.1 Å². The molecule has 3 aromatic heterocycles. The molecule has 1 aliphatic carbocycles. The highest BCUT2D eigenvalue weighted by Gasteiger charge is 2.27. The van der Waals surface area contributed by atoms with Crippen LogP contribution in [0.3, 0.4) is 0 Å². The Bertz CT molecular complexity index is 1460. The normalized spacial score (nSPS) is 15.3. The lowest BCUT2D eigenvalue weighted by atomic mass is 9.88. The zero-order chi connectivity index (χ0) is 23.8. The van der Waals surface area contributed by atoms with Crippen LogP contribution in [0.15, 0.2) is 45.7 Å². The molecular formula is C24H22N4O3S3. The van der Waals surface area contributed by atoms with Gasteiger partial charge in [0.25, 0.3) is 11.5 Å². The van der Waals surface area contributed by atoms with Crippen molar-refractivity contribution in [2.45, 2.75) is 31.3 Å². The van der Waals surface area contributed by atoms with Gasteiger partial charge in [0.05, 0.1) is 16.7 Å². The maximum atomic E-state index is 12.8. The van der Waals surface area contributed by atoms with Gasteiger partial charge in [0.15, 0.2) is 5.16 Å². The second-order valence-electron chi connectivity index (χ2n) is 8.32. The molecule has 4 N–H and O–H groups in total. The first kappa shape index (κ1) is 22.8. The molecule has 0 fully saturated rings. The van der Waals surface area contributed by atoms with Gasteiger partial charge in [-0.3, -0.25) is 14.4 Å². The number of carbonyl (C=O) groups excluding carboxylic acids is 2. The molecule has 1 aromatic carbocycles. The average Bonchev–Trinajstić information content (AvgIpc) is 3.39. The van der Waals surface area contributed by atoms with Crippen LogP contribution in [0.1, 0.15) is 34.1 Å². The molecule has 3 heterocycles. The Morgan fingerprint density at radius 2 is 2.09 bits per heavy atom. The SMILES string of the molecule is CC1CCc2c(sc(NC(=O)CSc3nc4scc(-c5ccccc5)c4c(=O)[nH]3)c2C(N)=O)C1. The number of hydrogen-bond donors (Lipinski definition) is 3. The van der Waals surface area contributed by atoms with Crippen molar-refractivity contribution < 1.29 is 9.59 Å². The Labute approximate surface area is 207 Å². The van der Waals surface area contributed by atoms with Gasteiger partial charge in [-0.15, -0.1) is 22.7 Å². The molecule has 0 bridgehead atoms. The molecule has 1 atom stereocenters. The van der Waals surface area contributed by atoms with E-state index in [0.29, 0.717) is 31.9 Å². The molecule has 0 radical (unpaired) electrons. The number of aromatic amines is 1. The van der Waals surface area contributed by atoms with Crippen LogP contribution in [0.5, 0.6) is 0 Å². The highest BCUT2D eigenvalue weighted by Crippen LogP contribution is 2.39. The molecule has 34 heavy (non-hydrogen) atoms. The van der Waals surface area contributed by atoms with Crippen LogP contribution in [-0.4, -0.2) is 27.5 Å². The van der Waals surface area contributed by atoms with Crippen molar-refractivity contribution in [3.8, 4) is 11.1 Å². The zero-order valence-corrected chi connectivity index (χ0v) is 20.8. The fourth-order valence-electron chi connectivity index (χ4n) is 4.22.